The van der Waals surface area contributed by atoms with Crippen molar-refractivity contribution in [2.45, 2.75) is 6.92 Å². The number of piperazine rings is 1. The molecule has 6 nitrogen and oxygen atoms in total. The SMILES string of the molecule is CCOc1ccccc1N1CCN(C(=O)c2ccccc2NC(=O)c2cccs2)CC1. The number of hydrogen-bond acceptors (Lipinski definition) is 5. The predicted molar refractivity (Wildman–Crippen MR) is 124 cm³/mol. The lowest BCUT2D eigenvalue weighted by molar-refractivity contribution is 0.0747. The number of nitrogens with one attached hydrogen (secondary N) is 1. The lowest BCUT2D eigenvalue weighted by atomic mass is 10.1. The first-order chi connectivity index (χ1) is 15.2. The van der Waals surface area contributed by atoms with Crippen LogP contribution in [0.15, 0.2) is 66.0 Å². The number of rotatable bonds is 6. The Bertz CT molecular complexity index is 1040. The van der Waals surface area contributed by atoms with Gasteiger partial charge in [-0.05, 0) is 42.6 Å². The van der Waals surface area contributed by atoms with E-state index >= 15 is 0 Å². The number of carbonyl (C=O) groups is 2. The van der Waals surface area contributed by atoms with E-state index < -0.39 is 0 Å². The molecule has 0 saturated carbocycles. The maximum absolute atomic E-state index is 13.2. The number of hydrogen-bond donors (Lipinski definition) is 1. The Labute approximate surface area is 186 Å². The molecule has 31 heavy (non-hydrogen) atoms. The number of anilines is 2. The first-order valence-electron chi connectivity index (χ1n) is 10.4. The molecule has 2 aromatic carbocycles. The molecule has 3 aromatic rings. The van der Waals surface area contributed by atoms with Gasteiger partial charge in [0.05, 0.1) is 28.4 Å². The van der Waals surface area contributed by atoms with Gasteiger partial charge in [-0.2, -0.15) is 0 Å². The normalized spacial score (nSPS) is 13.7. The lowest BCUT2D eigenvalue weighted by Crippen LogP contribution is -2.49. The van der Waals surface area contributed by atoms with Crippen LogP contribution in [0.4, 0.5) is 11.4 Å². The third-order valence-electron chi connectivity index (χ3n) is 5.22. The van der Waals surface area contributed by atoms with E-state index in [1.165, 1.54) is 11.3 Å². The molecule has 0 spiro atoms. The van der Waals surface area contributed by atoms with Crippen LogP contribution in [0.1, 0.15) is 27.0 Å². The van der Waals surface area contributed by atoms with Crippen molar-refractivity contribution in [3.63, 3.8) is 0 Å². The minimum atomic E-state index is -0.201. The molecule has 0 atom stereocenters. The Balaban J connectivity index is 1.44. The van der Waals surface area contributed by atoms with E-state index in [0.29, 0.717) is 35.8 Å². The fourth-order valence-electron chi connectivity index (χ4n) is 3.69. The van der Waals surface area contributed by atoms with Gasteiger partial charge in [0.2, 0.25) is 0 Å². The van der Waals surface area contributed by atoms with Gasteiger partial charge in [-0.25, -0.2) is 0 Å². The minimum absolute atomic E-state index is 0.0696. The molecule has 1 N–H and O–H groups in total. The Morgan fingerprint density at radius 2 is 1.71 bits per heavy atom. The molecule has 1 fully saturated rings. The average molecular weight is 436 g/mol. The molecule has 160 valence electrons. The summed E-state index contributed by atoms with van der Waals surface area (Å²) in [6.45, 7) is 5.24. The van der Waals surface area contributed by atoms with Crippen LogP contribution in [0, 0.1) is 0 Å². The number of para-hydroxylation sites is 3. The predicted octanol–water partition coefficient (Wildman–Crippen LogP) is 4.36. The van der Waals surface area contributed by atoms with Crippen LogP contribution in [0.5, 0.6) is 5.75 Å². The smallest absolute Gasteiger partial charge is 0.265 e. The van der Waals surface area contributed by atoms with E-state index in [0.717, 1.165) is 24.5 Å². The van der Waals surface area contributed by atoms with E-state index in [1.54, 1.807) is 18.2 Å². The van der Waals surface area contributed by atoms with Crippen LogP contribution < -0.4 is 15.0 Å². The zero-order valence-corrected chi connectivity index (χ0v) is 18.2. The van der Waals surface area contributed by atoms with Crippen molar-refractivity contribution in [3.05, 3.63) is 76.5 Å². The second kappa shape index (κ2) is 9.66. The molecular weight excluding hydrogens is 410 g/mol. The van der Waals surface area contributed by atoms with E-state index in [9.17, 15) is 9.59 Å². The zero-order chi connectivity index (χ0) is 21.6. The second-order valence-corrected chi connectivity index (χ2v) is 8.10. The molecule has 1 aliphatic rings. The Kier molecular flexibility index (Phi) is 6.52. The minimum Gasteiger partial charge on any atom is -0.492 e. The van der Waals surface area contributed by atoms with Crippen molar-refractivity contribution < 1.29 is 14.3 Å². The summed E-state index contributed by atoms with van der Waals surface area (Å²) in [6, 6.07) is 18.8. The number of ether oxygens (including phenoxy) is 1. The van der Waals surface area contributed by atoms with E-state index in [-0.39, 0.29) is 11.8 Å². The van der Waals surface area contributed by atoms with Gasteiger partial charge in [-0.3, -0.25) is 9.59 Å². The van der Waals surface area contributed by atoms with Crippen molar-refractivity contribution in [3.8, 4) is 5.75 Å². The fourth-order valence-corrected chi connectivity index (χ4v) is 4.31. The van der Waals surface area contributed by atoms with Gasteiger partial charge in [0.1, 0.15) is 5.75 Å². The topological polar surface area (TPSA) is 61.9 Å². The summed E-state index contributed by atoms with van der Waals surface area (Å²) in [7, 11) is 0. The Hall–Kier alpha value is -3.32. The molecule has 0 radical (unpaired) electrons. The molecule has 2 heterocycles. The highest BCUT2D eigenvalue weighted by Gasteiger charge is 2.25. The maximum atomic E-state index is 13.2. The molecule has 0 bridgehead atoms. The van der Waals surface area contributed by atoms with Crippen LogP contribution in [-0.4, -0.2) is 49.5 Å². The summed E-state index contributed by atoms with van der Waals surface area (Å²) in [5.74, 6) is 0.596. The van der Waals surface area contributed by atoms with E-state index in [2.05, 4.69) is 16.3 Å². The van der Waals surface area contributed by atoms with Crippen molar-refractivity contribution in [2.75, 3.05) is 43.0 Å². The third-order valence-corrected chi connectivity index (χ3v) is 6.09. The molecule has 0 aliphatic carbocycles. The van der Waals surface area contributed by atoms with Gasteiger partial charge in [0.25, 0.3) is 11.8 Å². The molecule has 1 aromatic heterocycles. The number of carbonyl (C=O) groups excluding carboxylic acids is 2. The molecule has 1 saturated heterocycles. The summed E-state index contributed by atoms with van der Waals surface area (Å²) in [5.41, 5.74) is 2.10. The van der Waals surface area contributed by atoms with Crippen molar-refractivity contribution in [2.24, 2.45) is 0 Å². The zero-order valence-electron chi connectivity index (χ0n) is 17.4. The average Bonchev–Trinajstić information content (AvgIpc) is 3.35. The molecule has 0 unspecified atom stereocenters. The molecule has 7 heteroatoms. The van der Waals surface area contributed by atoms with E-state index in [4.69, 9.17) is 4.74 Å². The second-order valence-electron chi connectivity index (χ2n) is 7.16. The monoisotopic (exact) mass is 435 g/mol. The maximum Gasteiger partial charge on any atom is 0.265 e. The summed E-state index contributed by atoms with van der Waals surface area (Å²) in [4.78, 5) is 30.4. The van der Waals surface area contributed by atoms with Crippen LogP contribution in [0.3, 0.4) is 0 Å². The van der Waals surface area contributed by atoms with Gasteiger partial charge in [0.15, 0.2) is 0 Å². The van der Waals surface area contributed by atoms with Gasteiger partial charge < -0.3 is 19.9 Å². The van der Waals surface area contributed by atoms with Gasteiger partial charge >= 0.3 is 0 Å². The highest BCUT2D eigenvalue weighted by atomic mass is 32.1. The highest BCUT2D eigenvalue weighted by Crippen LogP contribution is 2.29. The number of amides is 2. The van der Waals surface area contributed by atoms with Gasteiger partial charge in [0, 0.05) is 26.2 Å². The molecular formula is C24H25N3O3S. The molecule has 2 amide bonds. The first kappa shape index (κ1) is 20.9. The lowest BCUT2D eigenvalue weighted by Gasteiger charge is -2.37. The van der Waals surface area contributed by atoms with Gasteiger partial charge in [-0.15, -0.1) is 11.3 Å². The summed E-state index contributed by atoms with van der Waals surface area (Å²) in [6.07, 6.45) is 0. The standard InChI is InChI=1S/C24H25N3O3S/c1-2-30-21-11-6-5-10-20(21)26-13-15-27(16-14-26)24(29)18-8-3-4-9-19(18)25-23(28)22-12-7-17-31-22/h3-12,17H,2,13-16H2,1H3,(H,25,28). The summed E-state index contributed by atoms with van der Waals surface area (Å²) in [5, 5.41) is 4.74. The Morgan fingerprint density at radius 1 is 0.968 bits per heavy atom. The van der Waals surface area contributed by atoms with Crippen LogP contribution in [0.2, 0.25) is 0 Å². The van der Waals surface area contributed by atoms with Crippen molar-refractivity contribution in [1.82, 2.24) is 4.90 Å². The number of nitrogens with zero attached hydrogens (tertiary/aromatic N) is 2. The third kappa shape index (κ3) is 4.72. The largest absolute Gasteiger partial charge is 0.492 e. The molecule has 4 rings (SSSR count). The number of benzene rings is 2. The van der Waals surface area contributed by atoms with Crippen LogP contribution in [-0.2, 0) is 0 Å². The highest BCUT2D eigenvalue weighted by molar-refractivity contribution is 7.12. The Morgan fingerprint density at radius 3 is 2.45 bits per heavy atom. The fraction of sp³-hybridized carbons (Fsp3) is 0.250. The van der Waals surface area contributed by atoms with Crippen molar-refractivity contribution in [1.29, 1.82) is 0 Å². The molecule has 1 aliphatic heterocycles. The van der Waals surface area contributed by atoms with Crippen LogP contribution in [0.25, 0.3) is 0 Å². The summed E-state index contributed by atoms with van der Waals surface area (Å²) >= 11 is 1.37. The van der Waals surface area contributed by atoms with Crippen molar-refractivity contribution >= 4 is 34.5 Å². The first-order valence-corrected chi connectivity index (χ1v) is 11.2. The van der Waals surface area contributed by atoms with Gasteiger partial charge in [-0.1, -0.05) is 30.3 Å². The quantitative estimate of drug-likeness (QED) is 0.625. The summed E-state index contributed by atoms with van der Waals surface area (Å²) < 4.78 is 5.76. The van der Waals surface area contributed by atoms with E-state index in [1.807, 2.05) is 53.6 Å². The number of thiophene rings is 1. The van der Waals surface area contributed by atoms with Crippen LogP contribution >= 0.6 is 11.3 Å².